The van der Waals surface area contributed by atoms with Crippen molar-refractivity contribution in [2.24, 2.45) is 0 Å². The summed E-state index contributed by atoms with van der Waals surface area (Å²) < 4.78 is 16.4. The number of nitrogens with zero attached hydrogens (tertiary/aromatic N) is 3. The molecule has 3 heterocycles. The quantitative estimate of drug-likeness (QED) is 0.241. The fourth-order valence-electron chi connectivity index (χ4n) is 5.35. The zero-order valence-corrected chi connectivity index (χ0v) is 23.0. The maximum atomic E-state index is 13.5. The average Bonchev–Trinajstić information content (AvgIpc) is 3.37. The SMILES string of the molecule is CC(C)(/C=C(\C#N)C(=O)N1CCCC[C@@H]1COC(=O)N[C@@H](Cc1coc2ccccc12)B(O)O)N1CCOCC1. The number of amides is 2. The highest BCUT2D eigenvalue weighted by atomic mass is 16.5. The number of morpholine rings is 1. The van der Waals surface area contributed by atoms with Crippen molar-refractivity contribution in [2.45, 2.75) is 57.1 Å². The molecule has 0 bridgehead atoms. The molecule has 11 nitrogen and oxygen atoms in total. The van der Waals surface area contributed by atoms with Gasteiger partial charge in [-0.15, -0.1) is 0 Å². The molecular weight excluding hydrogens is 515 g/mol. The first-order valence-electron chi connectivity index (χ1n) is 13.7. The minimum atomic E-state index is -1.83. The number of nitrogens with one attached hydrogen (secondary N) is 1. The highest BCUT2D eigenvalue weighted by Gasteiger charge is 2.34. The van der Waals surface area contributed by atoms with Crippen LogP contribution in [0.2, 0.25) is 0 Å². The van der Waals surface area contributed by atoms with E-state index in [1.54, 1.807) is 17.0 Å². The van der Waals surface area contributed by atoms with E-state index in [1.165, 1.54) is 6.26 Å². The Kier molecular flexibility index (Phi) is 9.87. The highest BCUT2D eigenvalue weighted by molar-refractivity contribution is 6.43. The van der Waals surface area contributed by atoms with Crippen molar-refractivity contribution in [1.82, 2.24) is 15.1 Å². The van der Waals surface area contributed by atoms with E-state index in [1.807, 2.05) is 32.0 Å². The summed E-state index contributed by atoms with van der Waals surface area (Å²) in [6.45, 7) is 6.97. The van der Waals surface area contributed by atoms with E-state index in [2.05, 4.69) is 16.3 Å². The summed E-state index contributed by atoms with van der Waals surface area (Å²) in [6.07, 6.45) is 4.80. The van der Waals surface area contributed by atoms with Gasteiger partial charge in [-0.25, -0.2) is 4.79 Å². The second-order valence-corrected chi connectivity index (χ2v) is 10.8. The van der Waals surface area contributed by atoms with E-state index in [0.29, 0.717) is 50.4 Å². The highest BCUT2D eigenvalue weighted by Crippen LogP contribution is 2.24. The molecule has 1 aromatic heterocycles. The normalized spacial score (nSPS) is 19.6. The van der Waals surface area contributed by atoms with Crippen molar-refractivity contribution in [1.29, 1.82) is 5.26 Å². The molecule has 2 saturated heterocycles. The first-order chi connectivity index (χ1) is 19.2. The van der Waals surface area contributed by atoms with Gasteiger partial charge in [0.15, 0.2) is 0 Å². The Morgan fingerprint density at radius 2 is 2.00 bits per heavy atom. The first-order valence-corrected chi connectivity index (χ1v) is 13.7. The number of para-hydroxylation sites is 1. The van der Waals surface area contributed by atoms with Crippen LogP contribution in [0.5, 0.6) is 0 Å². The Morgan fingerprint density at radius 3 is 2.73 bits per heavy atom. The summed E-state index contributed by atoms with van der Waals surface area (Å²) in [6, 6.07) is 9.03. The zero-order chi connectivity index (χ0) is 28.7. The van der Waals surface area contributed by atoms with Crippen LogP contribution in [0.25, 0.3) is 11.0 Å². The maximum Gasteiger partial charge on any atom is 0.475 e. The molecule has 0 spiro atoms. The molecule has 2 aliphatic heterocycles. The Hall–Kier alpha value is -3.37. The predicted octanol–water partition coefficient (Wildman–Crippen LogP) is 2.02. The third kappa shape index (κ3) is 7.23. The van der Waals surface area contributed by atoms with Crippen LogP contribution in [-0.2, 0) is 20.7 Å². The van der Waals surface area contributed by atoms with Gasteiger partial charge in [0.05, 0.1) is 31.5 Å². The van der Waals surface area contributed by atoms with Gasteiger partial charge in [-0.05, 0) is 57.2 Å². The molecule has 4 rings (SSSR count). The second kappa shape index (κ2) is 13.3. The van der Waals surface area contributed by atoms with E-state index < -0.39 is 30.7 Å². The molecule has 0 radical (unpaired) electrons. The van der Waals surface area contributed by atoms with Crippen molar-refractivity contribution in [3.63, 3.8) is 0 Å². The van der Waals surface area contributed by atoms with Crippen LogP contribution in [0.1, 0.15) is 38.7 Å². The van der Waals surface area contributed by atoms with Gasteiger partial charge in [0.25, 0.3) is 5.91 Å². The number of hydrogen-bond donors (Lipinski definition) is 3. The van der Waals surface area contributed by atoms with Gasteiger partial charge in [0.2, 0.25) is 0 Å². The van der Waals surface area contributed by atoms with Crippen LogP contribution in [0, 0.1) is 11.3 Å². The molecule has 2 atom stereocenters. The molecule has 0 unspecified atom stereocenters. The number of piperidine rings is 1. The molecule has 2 aliphatic rings. The van der Waals surface area contributed by atoms with E-state index in [-0.39, 0.29) is 24.5 Å². The number of likely N-dealkylation sites (tertiary alicyclic amines) is 1. The lowest BCUT2D eigenvalue weighted by Gasteiger charge is -2.39. The number of benzene rings is 1. The van der Waals surface area contributed by atoms with Crippen LogP contribution in [0.3, 0.4) is 0 Å². The number of fused-ring (bicyclic) bond motifs is 1. The van der Waals surface area contributed by atoms with Crippen molar-refractivity contribution in [3.05, 3.63) is 47.7 Å². The topological polar surface area (TPSA) is 148 Å². The van der Waals surface area contributed by atoms with Gasteiger partial charge in [0.1, 0.15) is 23.8 Å². The van der Waals surface area contributed by atoms with E-state index in [0.717, 1.165) is 18.2 Å². The van der Waals surface area contributed by atoms with Crippen molar-refractivity contribution in [2.75, 3.05) is 39.5 Å². The predicted molar refractivity (Wildman–Crippen MR) is 148 cm³/mol. The number of ether oxygens (including phenoxy) is 2. The van der Waals surface area contributed by atoms with Crippen LogP contribution in [-0.4, -0.2) is 95.9 Å². The van der Waals surface area contributed by atoms with Crippen molar-refractivity contribution in [3.8, 4) is 6.07 Å². The van der Waals surface area contributed by atoms with Crippen LogP contribution >= 0.6 is 0 Å². The first kappa shape index (κ1) is 29.6. The molecule has 3 N–H and O–H groups in total. The van der Waals surface area contributed by atoms with Crippen LogP contribution in [0.15, 0.2) is 46.6 Å². The molecule has 0 aliphatic carbocycles. The maximum absolute atomic E-state index is 13.5. The van der Waals surface area contributed by atoms with Crippen LogP contribution in [0.4, 0.5) is 4.79 Å². The number of carbonyl (C=O) groups is 2. The van der Waals surface area contributed by atoms with Gasteiger partial charge in [-0.3, -0.25) is 9.69 Å². The van der Waals surface area contributed by atoms with E-state index >= 15 is 0 Å². The Labute approximate surface area is 234 Å². The fraction of sp³-hybridized carbons (Fsp3) is 0.536. The molecule has 2 fully saturated rings. The average molecular weight is 552 g/mol. The third-order valence-corrected chi connectivity index (χ3v) is 7.63. The van der Waals surface area contributed by atoms with Gasteiger partial charge >= 0.3 is 13.2 Å². The molecule has 40 heavy (non-hydrogen) atoms. The van der Waals surface area contributed by atoms with Crippen molar-refractivity contribution < 1.29 is 33.5 Å². The minimum Gasteiger partial charge on any atom is -0.464 e. The zero-order valence-electron chi connectivity index (χ0n) is 23.0. The molecule has 0 saturated carbocycles. The van der Waals surface area contributed by atoms with E-state index in [9.17, 15) is 24.9 Å². The lowest BCUT2D eigenvalue weighted by Crippen LogP contribution is -2.51. The van der Waals surface area contributed by atoms with Crippen molar-refractivity contribution >= 4 is 30.1 Å². The van der Waals surface area contributed by atoms with Gasteiger partial charge < -0.3 is 34.2 Å². The lowest BCUT2D eigenvalue weighted by molar-refractivity contribution is -0.131. The molecule has 1 aromatic carbocycles. The van der Waals surface area contributed by atoms with Gasteiger partial charge in [-0.1, -0.05) is 18.2 Å². The summed E-state index contributed by atoms with van der Waals surface area (Å²) in [4.78, 5) is 29.9. The third-order valence-electron chi connectivity index (χ3n) is 7.63. The number of furan rings is 1. The number of carbonyl (C=O) groups excluding carboxylic acids is 2. The number of hydrogen-bond acceptors (Lipinski definition) is 9. The number of rotatable bonds is 9. The molecule has 2 aromatic rings. The Balaban J connectivity index is 1.37. The summed E-state index contributed by atoms with van der Waals surface area (Å²) in [5.41, 5.74) is 0.928. The molecule has 12 heteroatoms. The summed E-state index contributed by atoms with van der Waals surface area (Å²) >= 11 is 0. The largest absolute Gasteiger partial charge is 0.475 e. The number of nitriles is 1. The smallest absolute Gasteiger partial charge is 0.464 e. The second-order valence-electron chi connectivity index (χ2n) is 10.8. The van der Waals surface area contributed by atoms with Crippen LogP contribution < -0.4 is 5.32 Å². The fourth-order valence-corrected chi connectivity index (χ4v) is 5.35. The van der Waals surface area contributed by atoms with Gasteiger partial charge in [-0.2, -0.15) is 5.26 Å². The minimum absolute atomic E-state index is 0.0589. The number of alkyl carbamates (subject to hydrolysis) is 1. The van der Waals surface area contributed by atoms with E-state index in [4.69, 9.17) is 13.9 Å². The monoisotopic (exact) mass is 552 g/mol. The standard InChI is InChI=1S/C28H37BN4O7/c1-28(2,32-11-13-38-14-12-32)16-21(17-30)26(34)33-10-6-5-7-22(33)19-40-27(35)31-25(29(36)37)15-20-18-39-24-9-4-3-8-23(20)24/h3-4,8-9,16,18,22,25,36-37H,5-7,10-15,19H2,1-2H3,(H,31,35)/b21-16+/t22-,25+/m1/s1. The molecule has 2 amide bonds. The summed E-state index contributed by atoms with van der Waals surface area (Å²) in [5.74, 6) is -1.42. The Morgan fingerprint density at radius 1 is 1.25 bits per heavy atom. The molecular formula is C28H37BN4O7. The summed E-state index contributed by atoms with van der Waals surface area (Å²) in [7, 11) is -1.83. The molecule has 214 valence electrons. The van der Waals surface area contributed by atoms with Gasteiger partial charge in [0, 0.05) is 30.6 Å². The lowest BCUT2D eigenvalue weighted by atomic mass is 9.76. The Bertz CT molecular complexity index is 1250. The summed E-state index contributed by atoms with van der Waals surface area (Å²) in [5, 5.41) is 33.0.